The normalized spacial score (nSPS) is 16.1. The second-order valence-electron chi connectivity index (χ2n) is 9.39. The summed E-state index contributed by atoms with van der Waals surface area (Å²) in [5.74, 6) is 0.914. The molecule has 1 heterocycles. The van der Waals surface area contributed by atoms with Crippen LogP contribution in [-0.2, 0) is 16.4 Å². The van der Waals surface area contributed by atoms with Gasteiger partial charge in [-0.2, -0.15) is 8.42 Å². The van der Waals surface area contributed by atoms with E-state index in [-0.39, 0.29) is 17.1 Å². The summed E-state index contributed by atoms with van der Waals surface area (Å²) in [6.45, 7) is 1.90. The fourth-order valence-electron chi connectivity index (χ4n) is 4.77. The molecule has 1 atom stereocenters. The van der Waals surface area contributed by atoms with Crippen molar-refractivity contribution < 1.29 is 17.9 Å². The lowest BCUT2D eigenvalue weighted by molar-refractivity contribution is 0.0974. The highest BCUT2D eigenvalue weighted by Gasteiger charge is 2.35. The standard InChI is InChI=1S/C31H27ClN2O4S/c1-21-7-17-27(18-8-21)39(36,37)33-31-19-23-5-3-4-6-28(23)29(20-30(35)22-9-11-24(32)12-10-22)34(31)25-13-15-26(38-2)16-14-25/h3-18,29H,19-20H2,1-2H3/b33-31+. The number of hydrogen-bond donors (Lipinski definition) is 0. The topological polar surface area (TPSA) is 76.0 Å². The van der Waals surface area contributed by atoms with Crippen LogP contribution in [0.15, 0.2) is 106 Å². The fraction of sp³-hybridized carbons (Fsp3) is 0.161. The Bertz CT molecular complexity index is 1630. The molecule has 0 saturated heterocycles. The van der Waals surface area contributed by atoms with Gasteiger partial charge in [0.15, 0.2) is 5.78 Å². The SMILES string of the molecule is COc1ccc(N2/C(=N/S(=O)(=O)c3ccc(C)cc3)Cc3ccccc3C2CC(=O)c2ccc(Cl)cc2)cc1. The van der Waals surface area contributed by atoms with Gasteiger partial charge < -0.3 is 9.64 Å². The first-order valence-electron chi connectivity index (χ1n) is 12.5. The predicted molar refractivity (Wildman–Crippen MR) is 155 cm³/mol. The molecule has 0 aliphatic carbocycles. The number of Topliss-reactive ketones (excluding diaryl/α,β-unsaturated/α-hetero) is 1. The van der Waals surface area contributed by atoms with Crippen LogP contribution in [0, 0.1) is 6.92 Å². The summed E-state index contributed by atoms with van der Waals surface area (Å²) in [5, 5.41) is 0.546. The molecule has 0 bridgehead atoms. The van der Waals surface area contributed by atoms with Gasteiger partial charge >= 0.3 is 0 Å². The van der Waals surface area contributed by atoms with E-state index in [4.69, 9.17) is 16.3 Å². The lowest BCUT2D eigenvalue weighted by atomic mass is 9.87. The van der Waals surface area contributed by atoms with Crippen molar-refractivity contribution in [2.45, 2.75) is 30.7 Å². The highest BCUT2D eigenvalue weighted by molar-refractivity contribution is 7.90. The molecule has 0 amide bonds. The highest BCUT2D eigenvalue weighted by atomic mass is 35.5. The number of amidine groups is 1. The number of rotatable bonds is 7. The molecule has 4 aromatic rings. The molecule has 0 radical (unpaired) electrons. The van der Waals surface area contributed by atoms with E-state index in [9.17, 15) is 13.2 Å². The van der Waals surface area contributed by atoms with Gasteiger partial charge in [-0.25, -0.2) is 0 Å². The zero-order chi connectivity index (χ0) is 27.6. The minimum atomic E-state index is -4.02. The zero-order valence-corrected chi connectivity index (χ0v) is 23.1. The summed E-state index contributed by atoms with van der Waals surface area (Å²) in [6.07, 6.45) is 0.396. The number of halogens is 1. The Kier molecular flexibility index (Phi) is 7.55. The average molecular weight is 559 g/mol. The lowest BCUT2D eigenvalue weighted by Gasteiger charge is -2.39. The van der Waals surface area contributed by atoms with Crippen molar-refractivity contribution in [1.29, 1.82) is 0 Å². The van der Waals surface area contributed by atoms with E-state index in [1.54, 1.807) is 67.8 Å². The van der Waals surface area contributed by atoms with E-state index in [0.29, 0.717) is 34.3 Å². The van der Waals surface area contributed by atoms with Crippen LogP contribution in [0.3, 0.4) is 0 Å². The highest BCUT2D eigenvalue weighted by Crippen LogP contribution is 2.39. The van der Waals surface area contributed by atoms with E-state index in [2.05, 4.69) is 4.40 Å². The Hall–Kier alpha value is -3.94. The Balaban J connectivity index is 1.65. The van der Waals surface area contributed by atoms with Crippen LogP contribution < -0.4 is 9.64 Å². The Labute approximate surface area is 233 Å². The van der Waals surface area contributed by atoms with Crippen molar-refractivity contribution in [2.75, 3.05) is 12.0 Å². The number of fused-ring (bicyclic) bond motifs is 1. The van der Waals surface area contributed by atoms with E-state index < -0.39 is 16.1 Å². The van der Waals surface area contributed by atoms with Gasteiger partial charge in [0.05, 0.1) is 18.0 Å². The molecule has 1 aliphatic heterocycles. The number of benzene rings is 4. The summed E-state index contributed by atoms with van der Waals surface area (Å²) in [6, 6.07) is 28.0. The van der Waals surface area contributed by atoms with Gasteiger partial charge in [-0.15, -0.1) is 4.40 Å². The number of nitrogens with zero attached hydrogens (tertiary/aromatic N) is 2. The van der Waals surface area contributed by atoms with Gasteiger partial charge in [0, 0.05) is 29.1 Å². The van der Waals surface area contributed by atoms with Crippen LogP contribution in [0.2, 0.25) is 5.02 Å². The minimum absolute atomic E-state index is 0.0902. The molecule has 8 heteroatoms. The summed E-state index contributed by atoms with van der Waals surface area (Å²) < 4.78 is 36.6. The van der Waals surface area contributed by atoms with Crippen molar-refractivity contribution in [3.63, 3.8) is 0 Å². The molecule has 1 unspecified atom stereocenters. The average Bonchev–Trinajstić information content (AvgIpc) is 2.93. The molecular formula is C31H27ClN2O4S. The van der Waals surface area contributed by atoms with Gasteiger partial charge in [0.1, 0.15) is 11.6 Å². The van der Waals surface area contributed by atoms with Gasteiger partial charge in [-0.1, -0.05) is 53.6 Å². The number of aryl methyl sites for hydroxylation is 1. The third-order valence-corrected chi connectivity index (χ3v) is 8.36. The van der Waals surface area contributed by atoms with Gasteiger partial charge in [0.25, 0.3) is 10.0 Å². The monoisotopic (exact) mass is 558 g/mol. The maximum atomic E-state index is 13.5. The van der Waals surface area contributed by atoms with E-state index in [0.717, 1.165) is 16.7 Å². The maximum absolute atomic E-state index is 13.5. The number of ketones is 1. The van der Waals surface area contributed by atoms with Crippen molar-refractivity contribution in [3.8, 4) is 5.75 Å². The molecule has 5 rings (SSSR count). The van der Waals surface area contributed by atoms with E-state index >= 15 is 0 Å². The molecule has 0 spiro atoms. The first kappa shape index (κ1) is 26.7. The fourth-order valence-corrected chi connectivity index (χ4v) is 5.92. The van der Waals surface area contributed by atoms with Gasteiger partial charge in [-0.05, 0) is 78.7 Å². The lowest BCUT2D eigenvalue weighted by Crippen LogP contribution is -2.42. The van der Waals surface area contributed by atoms with Crippen LogP contribution in [0.1, 0.15) is 39.5 Å². The molecule has 0 saturated carbocycles. The molecule has 0 fully saturated rings. The largest absolute Gasteiger partial charge is 0.497 e. The zero-order valence-electron chi connectivity index (χ0n) is 21.5. The van der Waals surface area contributed by atoms with E-state index in [1.807, 2.05) is 48.2 Å². The molecule has 4 aromatic carbocycles. The summed E-state index contributed by atoms with van der Waals surface area (Å²) in [5.41, 5.74) is 4.06. The molecule has 0 N–H and O–H groups in total. The second kappa shape index (κ2) is 11.0. The molecule has 6 nitrogen and oxygen atoms in total. The van der Waals surface area contributed by atoms with Gasteiger partial charge in [-0.3, -0.25) is 4.79 Å². The summed E-state index contributed by atoms with van der Waals surface area (Å²) in [4.78, 5) is 15.5. The molecule has 198 valence electrons. The number of methoxy groups -OCH3 is 1. The van der Waals surface area contributed by atoms with Crippen LogP contribution >= 0.6 is 11.6 Å². The number of ether oxygens (including phenoxy) is 1. The van der Waals surface area contributed by atoms with Crippen molar-refractivity contribution in [3.05, 3.63) is 124 Å². The Morgan fingerprint density at radius 3 is 2.28 bits per heavy atom. The van der Waals surface area contributed by atoms with Crippen LogP contribution in [-0.4, -0.2) is 27.1 Å². The van der Waals surface area contributed by atoms with Crippen molar-refractivity contribution in [1.82, 2.24) is 0 Å². The number of hydrogen-bond acceptors (Lipinski definition) is 4. The minimum Gasteiger partial charge on any atom is -0.497 e. The smallest absolute Gasteiger partial charge is 0.283 e. The Morgan fingerprint density at radius 2 is 1.62 bits per heavy atom. The van der Waals surface area contributed by atoms with Crippen molar-refractivity contribution in [2.24, 2.45) is 4.40 Å². The first-order chi connectivity index (χ1) is 18.7. The quantitative estimate of drug-likeness (QED) is 0.233. The third kappa shape index (κ3) is 5.75. The second-order valence-corrected chi connectivity index (χ2v) is 11.4. The number of sulfonamides is 1. The Morgan fingerprint density at radius 1 is 0.949 bits per heavy atom. The third-order valence-electron chi connectivity index (χ3n) is 6.79. The molecule has 0 aromatic heterocycles. The molecule has 1 aliphatic rings. The predicted octanol–water partition coefficient (Wildman–Crippen LogP) is 6.82. The molecular weight excluding hydrogens is 532 g/mol. The van der Waals surface area contributed by atoms with Crippen LogP contribution in [0.25, 0.3) is 0 Å². The van der Waals surface area contributed by atoms with Crippen LogP contribution in [0.4, 0.5) is 5.69 Å². The van der Waals surface area contributed by atoms with Gasteiger partial charge in [0.2, 0.25) is 0 Å². The molecule has 39 heavy (non-hydrogen) atoms. The van der Waals surface area contributed by atoms with Crippen LogP contribution in [0.5, 0.6) is 5.75 Å². The summed E-state index contributed by atoms with van der Waals surface area (Å²) in [7, 11) is -2.44. The van der Waals surface area contributed by atoms with Crippen molar-refractivity contribution >= 4 is 38.9 Å². The number of carbonyl (C=O) groups is 1. The number of anilines is 1. The van der Waals surface area contributed by atoms with E-state index in [1.165, 1.54) is 0 Å². The first-order valence-corrected chi connectivity index (χ1v) is 14.3. The maximum Gasteiger partial charge on any atom is 0.283 e. The number of carbonyl (C=O) groups excluding carboxylic acids is 1. The summed E-state index contributed by atoms with van der Waals surface area (Å²) >= 11 is 6.04.